The number of hydrogen-bond donors (Lipinski definition) is 0. The predicted molar refractivity (Wildman–Crippen MR) is 136 cm³/mol. The SMILES string of the molecule is c1ccc(Cc2nc(CSc3nnc(CN4CCCCC4)n3Cc3ccccc3)cs2)cc1. The summed E-state index contributed by atoms with van der Waals surface area (Å²) in [4.78, 5) is 7.38. The third-order valence-corrected chi connectivity index (χ3v) is 7.84. The summed E-state index contributed by atoms with van der Waals surface area (Å²) in [6.07, 6.45) is 4.79. The quantitative estimate of drug-likeness (QED) is 0.293. The highest BCUT2D eigenvalue weighted by molar-refractivity contribution is 7.98. The van der Waals surface area contributed by atoms with Gasteiger partial charge in [-0.2, -0.15) is 0 Å². The zero-order valence-corrected chi connectivity index (χ0v) is 20.4. The van der Waals surface area contributed by atoms with Crippen molar-refractivity contribution in [3.8, 4) is 0 Å². The Bertz CT molecular complexity index is 1130. The summed E-state index contributed by atoms with van der Waals surface area (Å²) in [5.41, 5.74) is 3.69. The normalized spacial score (nSPS) is 14.5. The Labute approximate surface area is 203 Å². The first-order valence-electron chi connectivity index (χ1n) is 11.6. The van der Waals surface area contributed by atoms with E-state index in [1.165, 1.54) is 30.4 Å². The van der Waals surface area contributed by atoms with Crippen molar-refractivity contribution in [3.05, 3.63) is 93.7 Å². The molecule has 0 unspecified atom stereocenters. The van der Waals surface area contributed by atoms with Crippen LogP contribution < -0.4 is 0 Å². The highest BCUT2D eigenvalue weighted by atomic mass is 32.2. The van der Waals surface area contributed by atoms with E-state index in [2.05, 4.69) is 85.7 Å². The number of thiazole rings is 1. The Hall–Kier alpha value is -2.48. The van der Waals surface area contributed by atoms with Crippen LogP contribution in [0.4, 0.5) is 0 Å². The minimum absolute atomic E-state index is 0.801. The predicted octanol–water partition coefficient (Wildman–Crippen LogP) is 5.65. The highest BCUT2D eigenvalue weighted by Gasteiger charge is 2.18. The second-order valence-corrected chi connectivity index (χ2v) is 10.4. The number of nitrogens with zero attached hydrogens (tertiary/aromatic N) is 5. The van der Waals surface area contributed by atoms with Gasteiger partial charge in [0.25, 0.3) is 0 Å². The van der Waals surface area contributed by atoms with Crippen LogP contribution in [0, 0.1) is 0 Å². The fraction of sp³-hybridized carbons (Fsp3) is 0.346. The third-order valence-electron chi connectivity index (χ3n) is 5.94. The van der Waals surface area contributed by atoms with Crippen molar-refractivity contribution in [1.82, 2.24) is 24.6 Å². The van der Waals surface area contributed by atoms with Crippen LogP contribution in [-0.4, -0.2) is 37.7 Å². The van der Waals surface area contributed by atoms with Crippen molar-refractivity contribution >= 4 is 23.1 Å². The van der Waals surface area contributed by atoms with Gasteiger partial charge in [0.2, 0.25) is 0 Å². The van der Waals surface area contributed by atoms with E-state index in [0.717, 1.165) is 60.0 Å². The lowest BCUT2D eigenvalue weighted by Gasteiger charge is -2.26. The van der Waals surface area contributed by atoms with Gasteiger partial charge in [-0.15, -0.1) is 21.5 Å². The van der Waals surface area contributed by atoms with Gasteiger partial charge in [0.15, 0.2) is 5.16 Å². The molecular formula is C26H29N5S2. The Morgan fingerprint density at radius 3 is 2.30 bits per heavy atom. The molecule has 1 saturated heterocycles. The largest absolute Gasteiger partial charge is 0.300 e. The highest BCUT2D eigenvalue weighted by Crippen LogP contribution is 2.25. The summed E-state index contributed by atoms with van der Waals surface area (Å²) in [6.45, 7) is 3.99. The van der Waals surface area contributed by atoms with E-state index in [1.54, 1.807) is 23.1 Å². The second-order valence-electron chi connectivity index (χ2n) is 8.49. The van der Waals surface area contributed by atoms with Crippen LogP contribution in [0.3, 0.4) is 0 Å². The molecule has 4 aromatic rings. The zero-order valence-electron chi connectivity index (χ0n) is 18.8. The lowest BCUT2D eigenvalue weighted by molar-refractivity contribution is 0.213. The molecule has 0 radical (unpaired) electrons. The van der Waals surface area contributed by atoms with E-state index in [4.69, 9.17) is 4.98 Å². The minimum atomic E-state index is 0.801. The van der Waals surface area contributed by atoms with Crippen molar-refractivity contribution in [1.29, 1.82) is 0 Å². The minimum Gasteiger partial charge on any atom is -0.300 e. The van der Waals surface area contributed by atoms with Gasteiger partial charge in [0, 0.05) is 17.6 Å². The molecule has 1 aliphatic rings. The Balaban J connectivity index is 1.29. The van der Waals surface area contributed by atoms with Crippen molar-refractivity contribution in [2.45, 2.75) is 49.7 Å². The maximum absolute atomic E-state index is 4.87. The molecule has 5 rings (SSSR count). The average molecular weight is 476 g/mol. The molecule has 0 N–H and O–H groups in total. The van der Waals surface area contributed by atoms with Crippen LogP contribution in [0.5, 0.6) is 0 Å². The molecule has 0 amide bonds. The summed E-state index contributed by atoms with van der Waals surface area (Å²) in [7, 11) is 0. The number of likely N-dealkylation sites (tertiary alicyclic amines) is 1. The molecule has 170 valence electrons. The molecule has 0 atom stereocenters. The molecular weight excluding hydrogens is 446 g/mol. The van der Waals surface area contributed by atoms with Crippen LogP contribution in [0.2, 0.25) is 0 Å². The van der Waals surface area contributed by atoms with Gasteiger partial charge in [-0.3, -0.25) is 4.90 Å². The van der Waals surface area contributed by atoms with E-state index in [-0.39, 0.29) is 0 Å². The van der Waals surface area contributed by atoms with Crippen molar-refractivity contribution in [3.63, 3.8) is 0 Å². The fourth-order valence-corrected chi connectivity index (χ4v) is 5.97. The first kappa shape index (κ1) is 22.3. The molecule has 3 heterocycles. The first-order chi connectivity index (χ1) is 16.3. The lowest BCUT2D eigenvalue weighted by atomic mass is 10.1. The maximum Gasteiger partial charge on any atom is 0.191 e. The summed E-state index contributed by atoms with van der Waals surface area (Å²) in [5, 5.41) is 13.5. The lowest BCUT2D eigenvalue weighted by Crippen LogP contribution is -2.30. The van der Waals surface area contributed by atoms with Crippen LogP contribution in [0.25, 0.3) is 0 Å². The molecule has 0 saturated carbocycles. The molecule has 0 spiro atoms. The number of benzene rings is 2. The molecule has 33 heavy (non-hydrogen) atoms. The van der Waals surface area contributed by atoms with E-state index in [9.17, 15) is 0 Å². The molecule has 0 aliphatic carbocycles. The number of thioether (sulfide) groups is 1. The van der Waals surface area contributed by atoms with Crippen molar-refractivity contribution in [2.24, 2.45) is 0 Å². The molecule has 2 aromatic heterocycles. The fourth-order valence-electron chi connectivity index (χ4n) is 4.19. The van der Waals surface area contributed by atoms with Crippen LogP contribution in [0.15, 0.2) is 71.2 Å². The Morgan fingerprint density at radius 2 is 1.55 bits per heavy atom. The topological polar surface area (TPSA) is 46.8 Å². The molecule has 5 nitrogen and oxygen atoms in total. The average Bonchev–Trinajstić information content (AvgIpc) is 3.46. The van der Waals surface area contributed by atoms with Gasteiger partial charge in [0.1, 0.15) is 5.82 Å². The number of hydrogen-bond acceptors (Lipinski definition) is 6. The Morgan fingerprint density at radius 1 is 0.818 bits per heavy atom. The van der Waals surface area contributed by atoms with Crippen LogP contribution in [-0.2, 0) is 25.3 Å². The van der Waals surface area contributed by atoms with Gasteiger partial charge < -0.3 is 4.57 Å². The van der Waals surface area contributed by atoms with Crippen molar-refractivity contribution in [2.75, 3.05) is 13.1 Å². The monoisotopic (exact) mass is 475 g/mol. The van der Waals surface area contributed by atoms with Crippen molar-refractivity contribution < 1.29 is 0 Å². The summed E-state index contributed by atoms with van der Waals surface area (Å²) in [6, 6.07) is 21.2. The molecule has 1 aliphatic heterocycles. The molecule has 2 aromatic carbocycles. The van der Waals surface area contributed by atoms with Gasteiger partial charge >= 0.3 is 0 Å². The van der Waals surface area contributed by atoms with Gasteiger partial charge in [0.05, 0.1) is 23.8 Å². The van der Waals surface area contributed by atoms with E-state index in [0.29, 0.717) is 0 Å². The van der Waals surface area contributed by atoms with Crippen LogP contribution in [0.1, 0.15) is 46.9 Å². The van der Waals surface area contributed by atoms with Gasteiger partial charge in [-0.05, 0) is 37.1 Å². The number of aromatic nitrogens is 4. The van der Waals surface area contributed by atoms with Gasteiger partial charge in [-0.1, -0.05) is 78.8 Å². The maximum atomic E-state index is 4.87. The first-order valence-corrected chi connectivity index (χ1v) is 13.5. The molecule has 1 fully saturated rings. The second kappa shape index (κ2) is 11.1. The summed E-state index contributed by atoms with van der Waals surface area (Å²) < 4.78 is 2.30. The Kier molecular flexibility index (Phi) is 7.50. The van der Waals surface area contributed by atoms with Gasteiger partial charge in [-0.25, -0.2) is 4.98 Å². The molecule has 7 heteroatoms. The number of piperidine rings is 1. The summed E-state index contributed by atoms with van der Waals surface area (Å²) in [5.74, 6) is 1.87. The zero-order chi connectivity index (χ0) is 22.3. The van der Waals surface area contributed by atoms with Crippen LogP contribution >= 0.6 is 23.1 Å². The number of rotatable bonds is 9. The third kappa shape index (κ3) is 6.10. The standard InChI is InChI=1S/C26H29N5S2/c1-4-10-21(11-5-1)16-25-27-23(19-32-25)20-33-26-29-28-24(18-30-14-8-3-9-15-30)31(26)17-22-12-6-2-7-13-22/h1-2,4-7,10-13,19H,3,8-9,14-18,20H2. The van der Waals surface area contributed by atoms with E-state index in [1.807, 2.05) is 0 Å². The summed E-state index contributed by atoms with van der Waals surface area (Å²) >= 11 is 3.48. The van der Waals surface area contributed by atoms with E-state index < -0.39 is 0 Å². The van der Waals surface area contributed by atoms with E-state index >= 15 is 0 Å². The molecule has 0 bridgehead atoms. The smallest absolute Gasteiger partial charge is 0.191 e.